The smallest absolute Gasteiger partial charge is 0.249 e. The lowest BCUT2D eigenvalue weighted by atomic mass is 10.1. The molecule has 1 atom stereocenters. The van der Waals surface area contributed by atoms with E-state index in [1.54, 1.807) is 0 Å². The largest absolute Gasteiger partial charge is 0.357 e. The molecule has 1 aliphatic heterocycles. The first-order chi connectivity index (χ1) is 8.08. The zero-order valence-electron chi connectivity index (χ0n) is 8.54. The van der Waals surface area contributed by atoms with E-state index in [1.165, 1.54) is 6.33 Å². The van der Waals surface area contributed by atoms with Gasteiger partial charge in [0.25, 0.3) is 0 Å². The molecule has 8 heteroatoms. The number of aromatic nitrogens is 2. The van der Waals surface area contributed by atoms with E-state index in [9.17, 15) is 9.59 Å². The van der Waals surface area contributed by atoms with E-state index in [1.807, 2.05) is 0 Å². The highest BCUT2D eigenvalue weighted by Gasteiger charge is 2.27. The summed E-state index contributed by atoms with van der Waals surface area (Å²) in [5, 5.41) is 5.42. The molecule has 1 unspecified atom stereocenters. The zero-order chi connectivity index (χ0) is 12.4. The summed E-state index contributed by atoms with van der Waals surface area (Å²) < 4.78 is 0.492. The topological polar surface area (TPSA) is 84.0 Å². The van der Waals surface area contributed by atoms with E-state index in [4.69, 9.17) is 11.6 Å². The van der Waals surface area contributed by atoms with Crippen LogP contribution >= 0.6 is 27.5 Å². The quantitative estimate of drug-likeness (QED) is 0.630. The van der Waals surface area contributed by atoms with Gasteiger partial charge in [-0.15, -0.1) is 0 Å². The SMILES string of the molecule is O=C1CCC(Nc2ncnc(Cl)c2Br)C(=O)N1. The maximum atomic E-state index is 11.5. The Balaban J connectivity index is 2.13. The third-order valence-electron chi connectivity index (χ3n) is 2.30. The fourth-order valence-electron chi connectivity index (χ4n) is 1.45. The number of amides is 2. The second-order valence-corrected chi connectivity index (χ2v) is 4.63. The van der Waals surface area contributed by atoms with Crippen molar-refractivity contribution in [3.8, 4) is 0 Å². The first-order valence-electron chi connectivity index (χ1n) is 4.84. The first-order valence-corrected chi connectivity index (χ1v) is 6.01. The number of halogens is 2. The Morgan fingerprint density at radius 2 is 2.24 bits per heavy atom. The summed E-state index contributed by atoms with van der Waals surface area (Å²) in [6.07, 6.45) is 2.03. The molecule has 0 aliphatic carbocycles. The van der Waals surface area contributed by atoms with Crippen LogP contribution in [0.3, 0.4) is 0 Å². The van der Waals surface area contributed by atoms with E-state index in [0.717, 1.165) is 0 Å². The third-order valence-corrected chi connectivity index (χ3v) is 3.56. The number of rotatable bonds is 2. The number of hydrogen-bond donors (Lipinski definition) is 2. The highest BCUT2D eigenvalue weighted by Crippen LogP contribution is 2.27. The van der Waals surface area contributed by atoms with Gasteiger partial charge in [-0.25, -0.2) is 9.97 Å². The van der Waals surface area contributed by atoms with Crippen LogP contribution in [-0.2, 0) is 9.59 Å². The van der Waals surface area contributed by atoms with E-state index >= 15 is 0 Å². The predicted octanol–water partition coefficient (Wildman–Crippen LogP) is 1.11. The Hall–Kier alpha value is -1.21. The highest BCUT2D eigenvalue weighted by molar-refractivity contribution is 9.10. The Labute approximate surface area is 110 Å². The molecule has 2 heterocycles. The van der Waals surface area contributed by atoms with E-state index < -0.39 is 6.04 Å². The van der Waals surface area contributed by atoms with Crippen LogP contribution in [0.5, 0.6) is 0 Å². The maximum absolute atomic E-state index is 11.5. The molecule has 2 N–H and O–H groups in total. The van der Waals surface area contributed by atoms with Crippen LogP contribution in [0.25, 0.3) is 0 Å². The van der Waals surface area contributed by atoms with Gasteiger partial charge in [0.05, 0.1) is 4.47 Å². The fourth-order valence-corrected chi connectivity index (χ4v) is 1.90. The Morgan fingerprint density at radius 1 is 1.47 bits per heavy atom. The molecular weight excluding hydrogens is 311 g/mol. The second-order valence-electron chi connectivity index (χ2n) is 3.48. The number of nitrogens with one attached hydrogen (secondary N) is 2. The minimum Gasteiger partial charge on any atom is -0.357 e. The van der Waals surface area contributed by atoms with Crippen LogP contribution < -0.4 is 10.6 Å². The summed E-state index contributed by atoms with van der Waals surface area (Å²) in [5.41, 5.74) is 0. The maximum Gasteiger partial charge on any atom is 0.249 e. The molecule has 0 saturated carbocycles. The van der Waals surface area contributed by atoms with Crippen molar-refractivity contribution in [2.24, 2.45) is 0 Å². The van der Waals surface area contributed by atoms with Gasteiger partial charge in [0, 0.05) is 6.42 Å². The van der Waals surface area contributed by atoms with E-state index in [-0.39, 0.29) is 17.0 Å². The molecule has 90 valence electrons. The molecule has 0 bridgehead atoms. The molecule has 1 aromatic rings. The fraction of sp³-hybridized carbons (Fsp3) is 0.333. The Morgan fingerprint density at radius 3 is 2.94 bits per heavy atom. The lowest BCUT2D eigenvalue weighted by molar-refractivity contribution is -0.133. The van der Waals surface area contributed by atoms with Gasteiger partial charge in [0.2, 0.25) is 11.8 Å². The number of anilines is 1. The summed E-state index contributed by atoms with van der Waals surface area (Å²) in [7, 11) is 0. The molecule has 1 aliphatic rings. The number of nitrogens with zero attached hydrogens (tertiary/aromatic N) is 2. The molecule has 1 fully saturated rings. The van der Waals surface area contributed by atoms with Crippen molar-refractivity contribution < 1.29 is 9.59 Å². The van der Waals surface area contributed by atoms with E-state index in [2.05, 4.69) is 36.5 Å². The average molecular weight is 320 g/mol. The van der Waals surface area contributed by atoms with Crippen LogP contribution in [0.1, 0.15) is 12.8 Å². The minimum absolute atomic E-state index is 0.257. The monoisotopic (exact) mass is 318 g/mol. The molecule has 0 radical (unpaired) electrons. The van der Waals surface area contributed by atoms with Crippen molar-refractivity contribution in [1.29, 1.82) is 0 Å². The number of carbonyl (C=O) groups excluding carboxylic acids is 2. The van der Waals surface area contributed by atoms with Crippen LogP contribution in [-0.4, -0.2) is 27.8 Å². The van der Waals surface area contributed by atoms with Crippen LogP contribution in [0, 0.1) is 0 Å². The van der Waals surface area contributed by atoms with Crippen molar-refractivity contribution >= 4 is 45.2 Å². The van der Waals surface area contributed by atoms with Gasteiger partial charge >= 0.3 is 0 Å². The standard InChI is InChI=1S/C9H8BrClN4O2/c10-6-7(11)12-3-13-8(6)14-4-1-2-5(16)15-9(4)17/h3-4H,1-2H2,(H,12,13,14)(H,15,16,17). The summed E-state index contributed by atoms with van der Waals surface area (Å²) >= 11 is 9.02. The van der Waals surface area contributed by atoms with Gasteiger partial charge in [0.15, 0.2) is 0 Å². The first kappa shape index (κ1) is 12.3. The lowest BCUT2D eigenvalue weighted by Crippen LogP contribution is -2.47. The molecule has 6 nitrogen and oxygen atoms in total. The minimum atomic E-state index is -0.491. The molecule has 1 saturated heterocycles. The van der Waals surface area contributed by atoms with Crippen LogP contribution in [0.2, 0.25) is 5.15 Å². The predicted molar refractivity (Wildman–Crippen MR) is 64.5 cm³/mol. The van der Waals surface area contributed by atoms with Crippen molar-refractivity contribution in [3.05, 3.63) is 16.0 Å². The third kappa shape index (κ3) is 2.73. The molecule has 2 rings (SSSR count). The normalized spacial score (nSPS) is 20.0. The average Bonchev–Trinajstić information content (AvgIpc) is 2.28. The number of hydrogen-bond acceptors (Lipinski definition) is 5. The van der Waals surface area contributed by atoms with Gasteiger partial charge in [-0.1, -0.05) is 11.6 Å². The summed E-state index contributed by atoms with van der Waals surface area (Å²) in [6, 6.07) is -0.491. The van der Waals surface area contributed by atoms with Gasteiger partial charge in [-0.3, -0.25) is 14.9 Å². The summed E-state index contributed by atoms with van der Waals surface area (Å²) in [5.74, 6) is -0.185. The van der Waals surface area contributed by atoms with Crippen LogP contribution in [0.15, 0.2) is 10.8 Å². The van der Waals surface area contributed by atoms with Gasteiger partial charge in [-0.05, 0) is 22.4 Å². The van der Waals surface area contributed by atoms with Crippen molar-refractivity contribution in [2.45, 2.75) is 18.9 Å². The molecule has 0 aromatic carbocycles. The van der Waals surface area contributed by atoms with E-state index in [0.29, 0.717) is 23.1 Å². The molecule has 0 spiro atoms. The van der Waals surface area contributed by atoms with Gasteiger partial charge in [0.1, 0.15) is 23.3 Å². The van der Waals surface area contributed by atoms with Crippen molar-refractivity contribution in [1.82, 2.24) is 15.3 Å². The van der Waals surface area contributed by atoms with Gasteiger partial charge in [-0.2, -0.15) is 0 Å². The molecule has 2 amide bonds. The Kier molecular flexibility index (Phi) is 3.58. The highest BCUT2D eigenvalue weighted by atomic mass is 79.9. The van der Waals surface area contributed by atoms with Crippen LogP contribution in [0.4, 0.5) is 5.82 Å². The lowest BCUT2D eigenvalue weighted by Gasteiger charge is -2.22. The number of piperidine rings is 1. The summed E-state index contributed by atoms with van der Waals surface area (Å²) in [4.78, 5) is 30.2. The van der Waals surface area contributed by atoms with Crippen molar-refractivity contribution in [2.75, 3.05) is 5.32 Å². The summed E-state index contributed by atoms with van der Waals surface area (Å²) in [6.45, 7) is 0. The van der Waals surface area contributed by atoms with Gasteiger partial charge < -0.3 is 5.32 Å². The van der Waals surface area contributed by atoms with Crippen molar-refractivity contribution in [3.63, 3.8) is 0 Å². The Bertz CT molecular complexity index is 482. The molecular formula is C9H8BrClN4O2. The number of imide groups is 1. The zero-order valence-corrected chi connectivity index (χ0v) is 10.9. The number of carbonyl (C=O) groups is 2. The molecule has 17 heavy (non-hydrogen) atoms. The second kappa shape index (κ2) is 4.97. The molecule has 1 aromatic heterocycles.